The first-order valence-corrected chi connectivity index (χ1v) is 8.42. The molecular weight excluding hydrogens is 359 g/mol. The lowest BCUT2D eigenvalue weighted by Gasteiger charge is -2.05. The van der Waals surface area contributed by atoms with E-state index in [4.69, 9.17) is 27.9 Å². The number of H-pyrrole nitrogens is 1. The first-order chi connectivity index (χ1) is 12.0. The number of nitrogens with one attached hydrogen (secondary N) is 2. The van der Waals surface area contributed by atoms with Gasteiger partial charge in [0, 0.05) is 32.6 Å². The van der Waals surface area contributed by atoms with Crippen LogP contribution in [0.2, 0.25) is 10.2 Å². The number of carbonyl (C=O) groups excluding carboxylic acids is 1. The number of hydrogen-bond donors (Lipinski definition) is 2. The molecule has 0 saturated carbocycles. The van der Waals surface area contributed by atoms with Crippen LogP contribution in [0.25, 0.3) is 22.6 Å². The van der Waals surface area contributed by atoms with Crippen LogP contribution in [-0.4, -0.2) is 18.0 Å². The number of anilines is 1. The van der Waals surface area contributed by atoms with Crippen molar-refractivity contribution in [2.75, 3.05) is 12.4 Å². The lowest BCUT2D eigenvalue weighted by atomic mass is 10.0. The highest BCUT2D eigenvalue weighted by Crippen LogP contribution is 2.38. The van der Waals surface area contributed by atoms with E-state index >= 15 is 0 Å². The summed E-state index contributed by atoms with van der Waals surface area (Å²) in [5.74, 6) is 0.590. The van der Waals surface area contributed by atoms with E-state index in [1.165, 1.54) is 0 Å². The molecule has 0 spiro atoms. The van der Waals surface area contributed by atoms with E-state index in [0.717, 1.165) is 33.3 Å². The number of aromatic amines is 1. The third-order valence-corrected chi connectivity index (χ3v) is 4.89. The zero-order chi connectivity index (χ0) is 17.7. The molecule has 126 valence electrons. The van der Waals surface area contributed by atoms with Crippen LogP contribution < -0.4 is 10.1 Å². The van der Waals surface area contributed by atoms with E-state index in [0.29, 0.717) is 21.4 Å². The zero-order valence-corrected chi connectivity index (χ0v) is 15.0. The van der Waals surface area contributed by atoms with E-state index < -0.39 is 0 Å². The van der Waals surface area contributed by atoms with Crippen LogP contribution in [-0.2, 0) is 4.79 Å². The van der Waals surface area contributed by atoms with Gasteiger partial charge in [-0.15, -0.1) is 0 Å². The van der Waals surface area contributed by atoms with Gasteiger partial charge in [-0.2, -0.15) is 0 Å². The number of rotatable bonds is 2. The van der Waals surface area contributed by atoms with Crippen molar-refractivity contribution in [1.82, 2.24) is 4.98 Å². The van der Waals surface area contributed by atoms with Crippen molar-refractivity contribution in [2.24, 2.45) is 0 Å². The quantitative estimate of drug-likeness (QED) is 0.600. The molecule has 1 aliphatic rings. The number of hydrogen-bond acceptors (Lipinski definition) is 2. The molecule has 3 aromatic rings. The highest BCUT2D eigenvalue weighted by Gasteiger charge is 2.25. The van der Waals surface area contributed by atoms with Crippen molar-refractivity contribution in [3.63, 3.8) is 0 Å². The van der Waals surface area contributed by atoms with Gasteiger partial charge in [-0.25, -0.2) is 0 Å². The van der Waals surface area contributed by atoms with E-state index in [1.807, 2.05) is 25.1 Å². The van der Waals surface area contributed by atoms with Crippen LogP contribution >= 0.6 is 23.2 Å². The van der Waals surface area contributed by atoms with Gasteiger partial charge in [0.15, 0.2) is 0 Å². The Labute approximate surface area is 154 Å². The van der Waals surface area contributed by atoms with Crippen molar-refractivity contribution < 1.29 is 9.53 Å². The highest BCUT2D eigenvalue weighted by molar-refractivity contribution is 6.38. The van der Waals surface area contributed by atoms with Crippen LogP contribution in [0, 0.1) is 6.92 Å². The smallest absolute Gasteiger partial charge is 0.256 e. The summed E-state index contributed by atoms with van der Waals surface area (Å²) in [5, 5.41) is 4.78. The predicted octanol–water partition coefficient (Wildman–Crippen LogP) is 5.28. The fourth-order valence-corrected chi connectivity index (χ4v) is 3.56. The van der Waals surface area contributed by atoms with Crippen LogP contribution in [0.3, 0.4) is 0 Å². The Morgan fingerprint density at radius 3 is 2.72 bits per heavy atom. The molecule has 0 bridgehead atoms. The molecule has 25 heavy (non-hydrogen) atoms. The molecule has 2 heterocycles. The largest absolute Gasteiger partial charge is 0.496 e. The van der Waals surface area contributed by atoms with Gasteiger partial charge >= 0.3 is 0 Å². The average Bonchev–Trinajstić information content (AvgIpc) is 3.03. The minimum Gasteiger partial charge on any atom is -0.496 e. The second-order valence-corrected chi connectivity index (χ2v) is 6.74. The van der Waals surface area contributed by atoms with Gasteiger partial charge < -0.3 is 15.0 Å². The standard InChI is InChI=1S/C19H14Cl2N2O2/c1-9-5-15-12(8-17(9)25-2)13(18(21)22-15)7-14-11-4-3-10(20)6-16(11)23-19(14)24/h3-8,22H,1-2H3,(H,23,24)/b14-7+. The molecule has 1 aliphatic heterocycles. The second-order valence-electron chi connectivity index (χ2n) is 5.92. The Kier molecular flexibility index (Phi) is 3.74. The minimum atomic E-state index is -0.179. The van der Waals surface area contributed by atoms with Crippen molar-refractivity contribution in [2.45, 2.75) is 6.92 Å². The summed E-state index contributed by atoms with van der Waals surface area (Å²) in [6, 6.07) is 9.23. The maximum absolute atomic E-state index is 12.4. The normalized spacial score (nSPS) is 14.9. The van der Waals surface area contributed by atoms with Crippen LogP contribution in [0.4, 0.5) is 5.69 Å². The summed E-state index contributed by atoms with van der Waals surface area (Å²) in [6.07, 6.45) is 1.80. The molecule has 0 atom stereocenters. The molecular formula is C19H14Cl2N2O2. The van der Waals surface area contributed by atoms with Crippen LogP contribution in [0.5, 0.6) is 5.75 Å². The molecule has 4 rings (SSSR count). The number of methoxy groups -OCH3 is 1. The summed E-state index contributed by atoms with van der Waals surface area (Å²) in [4.78, 5) is 15.5. The fourth-order valence-electron chi connectivity index (χ4n) is 3.13. The first kappa shape index (κ1) is 16.1. The zero-order valence-electron chi connectivity index (χ0n) is 13.5. The third kappa shape index (κ3) is 2.58. The van der Waals surface area contributed by atoms with E-state index in [1.54, 1.807) is 25.3 Å². The number of benzene rings is 2. The third-order valence-electron chi connectivity index (χ3n) is 4.36. The Hall–Kier alpha value is -2.43. The Balaban J connectivity index is 1.93. The molecule has 0 unspecified atom stereocenters. The highest BCUT2D eigenvalue weighted by atomic mass is 35.5. The molecule has 0 saturated heterocycles. The van der Waals surface area contributed by atoms with Gasteiger partial charge in [0.25, 0.3) is 5.91 Å². The lowest BCUT2D eigenvalue weighted by Crippen LogP contribution is -2.03. The topological polar surface area (TPSA) is 54.1 Å². The molecule has 0 radical (unpaired) electrons. The van der Waals surface area contributed by atoms with Crippen molar-refractivity contribution in [3.8, 4) is 5.75 Å². The Bertz CT molecular complexity index is 1070. The number of aromatic nitrogens is 1. The summed E-state index contributed by atoms with van der Waals surface area (Å²) < 4.78 is 5.41. The summed E-state index contributed by atoms with van der Waals surface area (Å²) in [5.41, 5.74) is 4.71. The molecule has 1 aromatic heterocycles. The maximum atomic E-state index is 12.4. The van der Waals surface area contributed by atoms with Gasteiger partial charge in [0.2, 0.25) is 0 Å². The maximum Gasteiger partial charge on any atom is 0.256 e. The number of aryl methyl sites for hydroxylation is 1. The molecule has 0 aliphatic carbocycles. The number of amides is 1. The molecule has 2 N–H and O–H groups in total. The van der Waals surface area contributed by atoms with Gasteiger partial charge in [-0.3, -0.25) is 4.79 Å². The SMILES string of the molecule is COc1cc2c(/C=C3/C(=O)Nc4cc(Cl)ccc43)c(Cl)[nH]c2cc1C. The van der Waals surface area contributed by atoms with Crippen molar-refractivity contribution in [1.29, 1.82) is 0 Å². The fraction of sp³-hybridized carbons (Fsp3) is 0.105. The van der Waals surface area contributed by atoms with E-state index in [-0.39, 0.29) is 5.91 Å². The summed E-state index contributed by atoms with van der Waals surface area (Å²) >= 11 is 12.4. The van der Waals surface area contributed by atoms with Crippen LogP contribution in [0.1, 0.15) is 16.7 Å². The first-order valence-electron chi connectivity index (χ1n) is 7.66. The Morgan fingerprint density at radius 1 is 1.16 bits per heavy atom. The van der Waals surface area contributed by atoms with E-state index in [2.05, 4.69) is 10.3 Å². The van der Waals surface area contributed by atoms with Crippen LogP contribution in [0.15, 0.2) is 30.3 Å². The van der Waals surface area contributed by atoms with Gasteiger partial charge in [-0.1, -0.05) is 29.3 Å². The van der Waals surface area contributed by atoms with Crippen molar-refractivity contribution in [3.05, 3.63) is 57.2 Å². The molecule has 0 fully saturated rings. The van der Waals surface area contributed by atoms with Gasteiger partial charge in [0.05, 0.1) is 12.8 Å². The lowest BCUT2D eigenvalue weighted by molar-refractivity contribution is -0.110. The van der Waals surface area contributed by atoms with Crippen molar-refractivity contribution >= 4 is 57.3 Å². The number of ether oxygens (including phenoxy) is 1. The predicted molar refractivity (Wildman–Crippen MR) is 103 cm³/mol. The number of halogens is 2. The number of carbonyl (C=O) groups is 1. The average molecular weight is 373 g/mol. The number of fused-ring (bicyclic) bond motifs is 2. The van der Waals surface area contributed by atoms with E-state index in [9.17, 15) is 4.79 Å². The Morgan fingerprint density at radius 2 is 1.96 bits per heavy atom. The molecule has 2 aromatic carbocycles. The minimum absolute atomic E-state index is 0.179. The summed E-state index contributed by atoms with van der Waals surface area (Å²) in [7, 11) is 1.63. The van der Waals surface area contributed by atoms with Gasteiger partial charge in [0.1, 0.15) is 10.9 Å². The molecule has 4 nitrogen and oxygen atoms in total. The second kappa shape index (κ2) is 5.83. The summed E-state index contributed by atoms with van der Waals surface area (Å²) in [6.45, 7) is 1.97. The molecule has 1 amide bonds. The monoisotopic (exact) mass is 372 g/mol. The van der Waals surface area contributed by atoms with Gasteiger partial charge in [-0.05, 0) is 42.8 Å². The molecule has 6 heteroatoms.